The minimum absolute atomic E-state index is 0.0787. The lowest BCUT2D eigenvalue weighted by molar-refractivity contribution is -0.384. The number of aliphatic hydroxyl groups is 1. The predicted molar refractivity (Wildman–Crippen MR) is 118 cm³/mol. The average Bonchev–Trinajstić information content (AvgIpc) is 3.05. The molecule has 1 aliphatic rings. The molecule has 0 radical (unpaired) electrons. The summed E-state index contributed by atoms with van der Waals surface area (Å²) < 4.78 is 0.798. The van der Waals surface area contributed by atoms with Crippen LogP contribution in [0.25, 0.3) is 5.76 Å². The average molecular weight is 479 g/mol. The van der Waals surface area contributed by atoms with Crippen molar-refractivity contribution in [1.82, 2.24) is 0 Å². The Morgan fingerprint density at radius 1 is 0.968 bits per heavy atom. The largest absolute Gasteiger partial charge is 0.507 e. The topological polar surface area (TPSA) is 101 Å². The molecule has 1 unspecified atom stereocenters. The second-order valence-electron chi connectivity index (χ2n) is 6.86. The highest BCUT2D eigenvalue weighted by Crippen LogP contribution is 2.42. The van der Waals surface area contributed by atoms with Crippen LogP contribution in [0.15, 0.2) is 88.9 Å². The van der Waals surface area contributed by atoms with E-state index >= 15 is 0 Å². The number of halogens is 1. The van der Waals surface area contributed by atoms with Crippen LogP contribution in [0.5, 0.6) is 0 Å². The predicted octanol–water partition coefficient (Wildman–Crippen LogP) is 4.98. The van der Waals surface area contributed by atoms with Crippen molar-refractivity contribution in [2.45, 2.75) is 6.04 Å². The third-order valence-corrected chi connectivity index (χ3v) is 5.52. The Morgan fingerprint density at radius 2 is 1.65 bits per heavy atom. The molecule has 7 nitrogen and oxygen atoms in total. The highest BCUT2D eigenvalue weighted by Gasteiger charge is 2.47. The van der Waals surface area contributed by atoms with Gasteiger partial charge >= 0.3 is 0 Å². The monoisotopic (exact) mass is 478 g/mol. The molecule has 154 valence electrons. The van der Waals surface area contributed by atoms with Crippen molar-refractivity contribution in [3.05, 3.63) is 110 Å². The number of aliphatic hydroxyl groups excluding tert-OH is 1. The second kappa shape index (κ2) is 8.16. The van der Waals surface area contributed by atoms with Gasteiger partial charge in [-0.25, -0.2) is 0 Å². The SMILES string of the molecule is O=C1C(=O)N(c2cccc([N+](=O)[O-])c2)C(c2ccc(Br)cc2)C1=C(O)c1ccccc1. The number of carbonyl (C=O) groups is 2. The minimum Gasteiger partial charge on any atom is -0.507 e. The van der Waals surface area contributed by atoms with E-state index in [1.54, 1.807) is 54.6 Å². The number of hydrogen-bond donors (Lipinski definition) is 1. The smallest absolute Gasteiger partial charge is 0.300 e. The number of hydrogen-bond acceptors (Lipinski definition) is 5. The molecule has 0 aliphatic carbocycles. The molecule has 0 saturated carbocycles. The number of nitrogens with zero attached hydrogens (tertiary/aromatic N) is 2. The first-order valence-corrected chi connectivity index (χ1v) is 10.0. The molecule has 8 heteroatoms. The molecule has 4 rings (SSSR count). The number of carbonyl (C=O) groups excluding carboxylic acids is 2. The lowest BCUT2D eigenvalue weighted by Crippen LogP contribution is -2.29. The van der Waals surface area contributed by atoms with Crippen molar-refractivity contribution < 1.29 is 19.6 Å². The normalized spacial score (nSPS) is 17.7. The van der Waals surface area contributed by atoms with Crippen molar-refractivity contribution >= 4 is 44.8 Å². The molecule has 3 aromatic carbocycles. The zero-order chi connectivity index (χ0) is 22.1. The fourth-order valence-electron chi connectivity index (χ4n) is 3.57. The number of benzene rings is 3. The number of rotatable bonds is 4. The molecule has 1 fully saturated rings. The fraction of sp³-hybridized carbons (Fsp3) is 0.0435. The van der Waals surface area contributed by atoms with Crippen LogP contribution < -0.4 is 4.90 Å². The van der Waals surface area contributed by atoms with Crippen LogP contribution in [0, 0.1) is 10.1 Å². The van der Waals surface area contributed by atoms with Gasteiger partial charge in [0.1, 0.15) is 5.76 Å². The Labute approximate surface area is 185 Å². The zero-order valence-corrected chi connectivity index (χ0v) is 17.5. The third-order valence-electron chi connectivity index (χ3n) is 5.00. The van der Waals surface area contributed by atoms with E-state index in [1.807, 2.05) is 0 Å². The molecule has 1 aliphatic heterocycles. The molecule has 0 bridgehead atoms. The number of anilines is 1. The summed E-state index contributed by atoms with van der Waals surface area (Å²) in [5.74, 6) is -2.04. The van der Waals surface area contributed by atoms with Gasteiger partial charge in [0.15, 0.2) is 0 Å². The van der Waals surface area contributed by atoms with E-state index in [0.717, 1.165) is 4.47 Å². The maximum absolute atomic E-state index is 13.0. The Balaban J connectivity index is 1.95. The summed E-state index contributed by atoms with van der Waals surface area (Å²) in [6.07, 6.45) is 0. The lowest BCUT2D eigenvalue weighted by Gasteiger charge is -2.25. The number of non-ortho nitro benzene ring substituents is 1. The lowest BCUT2D eigenvalue weighted by atomic mass is 9.95. The molecule has 0 aromatic heterocycles. The van der Waals surface area contributed by atoms with Crippen LogP contribution in [0.3, 0.4) is 0 Å². The van der Waals surface area contributed by atoms with Crippen molar-refractivity contribution in [3.63, 3.8) is 0 Å². The molecule has 1 saturated heterocycles. The van der Waals surface area contributed by atoms with Gasteiger partial charge in [-0.05, 0) is 23.8 Å². The van der Waals surface area contributed by atoms with Gasteiger partial charge in [-0.15, -0.1) is 0 Å². The summed E-state index contributed by atoms with van der Waals surface area (Å²) in [7, 11) is 0. The second-order valence-corrected chi connectivity index (χ2v) is 7.78. The molecule has 1 N–H and O–H groups in total. The standard InChI is InChI=1S/C23H15BrN2O5/c24-16-11-9-14(10-12-16)20-19(21(27)15-5-2-1-3-6-15)22(28)23(29)25(20)17-7-4-8-18(13-17)26(30)31/h1-13,20,27H. The van der Waals surface area contributed by atoms with Gasteiger partial charge in [-0.1, -0.05) is 64.5 Å². The van der Waals surface area contributed by atoms with E-state index in [2.05, 4.69) is 15.9 Å². The van der Waals surface area contributed by atoms with Gasteiger partial charge in [0.05, 0.1) is 22.2 Å². The first kappa shape index (κ1) is 20.5. The number of nitro benzene ring substituents is 1. The van der Waals surface area contributed by atoms with E-state index in [9.17, 15) is 24.8 Å². The maximum Gasteiger partial charge on any atom is 0.300 e. The van der Waals surface area contributed by atoms with E-state index in [4.69, 9.17) is 0 Å². The van der Waals surface area contributed by atoms with Crippen LogP contribution in [0.4, 0.5) is 11.4 Å². The fourth-order valence-corrected chi connectivity index (χ4v) is 3.83. The third kappa shape index (κ3) is 3.73. The quantitative estimate of drug-likeness (QED) is 0.187. The summed E-state index contributed by atoms with van der Waals surface area (Å²) in [5, 5.41) is 22.2. The molecule has 1 amide bonds. The summed E-state index contributed by atoms with van der Waals surface area (Å²) in [6.45, 7) is 0. The van der Waals surface area contributed by atoms with E-state index in [-0.39, 0.29) is 22.7 Å². The van der Waals surface area contributed by atoms with Gasteiger partial charge in [0.2, 0.25) is 0 Å². The van der Waals surface area contributed by atoms with Gasteiger partial charge in [-0.2, -0.15) is 0 Å². The molecule has 31 heavy (non-hydrogen) atoms. The molecule has 3 aromatic rings. The van der Waals surface area contributed by atoms with Crippen molar-refractivity contribution in [2.75, 3.05) is 4.90 Å². The molecular formula is C23H15BrN2O5. The van der Waals surface area contributed by atoms with Crippen molar-refractivity contribution in [2.24, 2.45) is 0 Å². The van der Waals surface area contributed by atoms with Gasteiger partial charge in [-0.3, -0.25) is 24.6 Å². The number of nitro groups is 1. The van der Waals surface area contributed by atoms with Crippen molar-refractivity contribution in [3.8, 4) is 0 Å². The van der Waals surface area contributed by atoms with Crippen LogP contribution in [0.1, 0.15) is 17.2 Å². The van der Waals surface area contributed by atoms with Gasteiger partial charge < -0.3 is 5.11 Å². The molecule has 0 spiro atoms. The summed E-state index contributed by atoms with van der Waals surface area (Å²) in [4.78, 5) is 37.9. The summed E-state index contributed by atoms with van der Waals surface area (Å²) in [6, 6.07) is 20.0. The minimum atomic E-state index is -0.949. The number of Topliss-reactive ketones (excluding diaryl/α,β-unsaturated/α-hetero) is 1. The summed E-state index contributed by atoms with van der Waals surface area (Å²) >= 11 is 3.36. The van der Waals surface area contributed by atoms with Crippen LogP contribution in [0.2, 0.25) is 0 Å². The first-order chi connectivity index (χ1) is 14.9. The first-order valence-electron chi connectivity index (χ1n) is 9.25. The van der Waals surface area contributed by atoms with Crippen molar-refractivity contribution in [1.29, 1.82) is 0 Å². The van der Waals surface area contributed by atoms with Crippen LogP contribution in [-0.2, 0) is 9.59 Å². The van der Waals surface area contributed by atoms with Gasteiger partial charge in [0, 0.05) is 22.2 Å². The van der Waals surface area contributed by atoms with E-state index < -0.39 is 22.7 Å². The summed E-state index contributed by atoms with van der Waals surface area (Å²) in [5.41, 5.74) is 0.867. The zero-order valence-electron chi connectivity index (χ0n) is 15.9. The van der Waals surface area contributed by atoms with Crippen LogP contribution >= 0.6 is 15.9 Å². The van der Waals surface area contributed by atoms with E-state index in [0.29, 0.717) is 11.1 Å². The van der Waals surface area contributed by atoms with E-state index in [1.165, 1.54) is 29.2 Å². The molecular weight excluding hydrogens is 464 g/mol. The Bertz CT molecular complexity index is 1220. The number of amides is 1. The Hall–Kier alpha value is -3.78. The number of ketones is 1. The van der Waals surface area contributed by atoms with Gasteiger partial charge in [0.25, 0.3) is 17.4 Å². The molecule has 1 heterocycles. The highest BCUT2D eigenvalue weighted by molar-refractivity contribution is 9.10. The maximum atomic E-state index is 13.0. The molecule has 1 atom stereocenters. The van der Waals surface area contributed by atoms with Crippen LogP contribution in [-0.4, -0.2) is 21.7 Å². The Kier molecular flexibility index (Phi) is 5.39. The highest BCUT2D eigenvalue weighted by atomic mass is 79.9. The Morgan fingerprint density at radius 3 is 2.29 bits per heavy atom.